The van der Waals surface area contributed by atoms with Crippen LogP contribution in [-0.2, 0) is 0 Å². The van der Waals surface area contributed by atoms with Gasteiger partial charge in [-0.25, -0.2) is 0 Å². The van der Waals surface area contributed by atoms with Gasteiger partial charge in [-0.15, -0.1) is 0 Å². The molecule has 2 nitrogen and oxygen atoms in total. The summed E-state index contributed by atoms with van der Waals surface area (Å²) in [6.45, 7) is 2.21. The van der Waals surface area contributed by atoms with Gasteiger partial charge in [0.1, 0.15) is 5.75 Å². The van der Waals surface area contributed by atoms with Gasteiger partial charge in [-0.05, 0) is 25.2 Å². The predicted octanol–water partition coefficient (Wildman–Crippen LogP) is 2.85. The molecule has 2 rings (SSSR count). The van der Waals surface area contributed by atoms with E-state index in [-0.39, 0.29) is 0 Å². The minimum absolute atomic E-state index is 0.361. The Morgan fingerprint density at radius 1 is 1.44 bits per heavy atom. The van der Waals surface area contributed by atoms with Gasteiger partial charge in [0.05, 0.1) is 7.11 Å². The molecule has 1 aromatic rings. The summed E-state index contributed by atoms with van der Waals surface area (Å²) in [4.78, 5) is 0. The van der Waals surface area contributed by atoms with Crippen LogP contribution in [0.5, 0.6) is 5.75 Å². The summed E-state index contributed by atoms with van der Waals surface area (Å²) in [5.41, 5.74) is 1.25. The van der Waals surface area contributed by atoms with Crippen molar-refractivity contribution in [2.75, 3.05) is 18.6 Å². The first-order valence-electron chi connectivity index (χ1n) is 5.78. The molecule has 0 aliphatic carbocycles. The maximum absolute atomic E-state index is 5.39. The largest absolute Gasteiger partial charge is 0.496 e. The SMILES string of the molecule is COc1ccccc1[C@@H](C)NC1CCSC1. The van der Waals surface area contributed by atoms with E-state index in [1.165, 1.54) is 23.5 Å². The van der Waals surface area contributed by atoms with Crippen molar-refractivity contribution in [2.45, 2.75) is 25.4 Å². The molecule has 0 bridgehead atoms. The fraction of sp³-hybridized carbons (Fsp3) is 0.538. The van der Waals surface area contributed by atoms with Crippen molar-refractivity contribution in [2.24, 2.45) is 0 Å². The summed E-state index contributed by atoms with van der Waals surface area (Å²) in [5, 5.41) is 3.67. The van der Waals surface area contributed by atoms with Crippen LogP contribution in [0, 0.1) is 0 Å². The molecule has 1 unspecified atom stereocenters. The molecule has 88 valence electrons. The number of thioether (sulfide) groups is 1. The van der Waals surface area contributed by atoms with Crippen molar-refractivity contribution in [3.05, 3.63) is 29.8 Å². The van der Waals surface area contributed by atoms with Crippen LogP contribution in [0.1, 0.15) is 24.9 Å². The second-order valence-corrected chi connectivity index (χ2v) is 5.34. The maximum atomic E-state index is 5.39. The van der Waals surface area contributed by atoms with Crippen LogP contribution in [0.15, 0.2) is 24.3 Å². The fourth-order valence-corrected chi connectivity index (χ4v) is 3.30. The summed E-state index contributed by atoms with van der Waals surface area (Å²) >= 11 is 2.04. The minimum atomic E-state index is 0.361. The van der Waals surface area contributed by atoms with Gasteiger partial charge < -0.3 is 10.1 Å². The molecule has 1 aromatic carbocycles. The molecule has 1 aliphatic rings. The Kier molecular flexibility index (Phi) is 4.13. The second kappa shape index (κ2) is 5.60. The van der Waals surface area contributed by atoms with Crippen molar-refractivity contribution in [1.82, 2.24) is 5.32 Å². The van der Waals surface area contributed by atoms with Crippen LogP contribution in [0.25, 0.3) is 0 Å². The molecule has 1 fully saturated rings. The van der Waals surface area contributed by atoms with Crippen molar-refractivity contribution in [1.29, 1.82) is 0 Å². The first kappa shape index (κ1) is 11.8. The zero-order chi connectivity index (χ0) is 11.4. The molecule has 0 aromatic heterocycles. The molecule has 1 heterocycles. The number of methoxy groups -OCH3 is 1. The lowest BCUT2D eigenvalue weighted by atomic mass is 10.1. The van der Waals surface area contributed by atoms with Crippen LogP contribution in [0.3, 0.4) is 0 Å². The number of benzene rings is 1. The Bertz CT molecular complexity index is 336. The normalized spacial score (nSPS) is 22.0. The number of hydrogen-bond acceptors (Lipinski definition) is 3. The molecule has 0 saturated carbocycles. The average Bonchev–Trinajstić information content (AvgIpc) is 2.81. The molecule has 0 amide bonds. The van der Waals surface area contributed by atoms with Gasteiger partial charge in [0.15, 0.2) is 0 Å². The van der Waals surface area contributed by atoms with Gasteiger partial charge in [-0.1, -0.05) is 18.2 Å². The highest BCUT2D eigenvalue weighted by Gasteiger charge is 2.19. The highest BCUT2D eigenvalue weighted by atomic mass is 32.2. The monoisotopic (exact) mass is 237 g/mol. The lowest BCUT2D eigenvalue weighted by Crippen LogP contribution is -2.31. The van der Waals surface area contributed by atoms with Crippen molar-refractivity contribution in [3.8, 4) is 5.75 Å². The Morgan fingerprint density at radius 2 is 2.25 bits per heavy atom. The highest BCUT2D eigenvalue weighted by molar-refractivity contribution is 7.99. The molecule has 2 atom stereocenters. The van der Waals surface area contributed by atoms with Gasteiger partial charge in [0.25, 0.3) is 0 Å². The summed E-state index contributed by atoms with van der Waals surface area (Å²) in [6.07, 6.45) is 1.28. The van der Waals surface area contributed by atoms with Crippen molar-refractivity contribution < 1.29 is 4.74 Å². The highest BCUT2D eigenvalue weighted by Crippen LogP contribution is 2.26. The average molecular weight is 237 g/mol. The van der Waals surface area contributed by atoms with E-state index in [2.05, 4.69) is 24.4 Å². The Hall–Kier alpha value is -0.670. The number of nitrogens with one attached hydrogen (secondary N) is 1. The van der Waals surface area contributed by atoms with Gasteiger partial charge in [-0.3, -0.25) is 0 Å². The molecule has 0 radical (unpaired) electrons. The van der Waals surface area contributed by atoms with Gasteiger partial charge in [0, 0.05) is 23.4 Å². The quantitative estimate of drug-likeness (QED) is 0.870. The van der Waals surface area contributed by atoms with E-state index in [0.717, 1.165) is 5.75 Å². The smallest absolute Gasteiger partial charge is 0.123 e. The number of rotatable bonds is 4. The van der Waals surface area contributed by atoms with E-state index in [1.54, 1.807) is 7.11 Å². The number of hydrogen-bond donors (Lipinski definition) is 1. The zero-order valence-corrected chi connectivity index (χ0v) is 10.7. The summed E-state index contributed by atoms with van der Waals surface area (Å²) in [5.74, 6) is 3.50. The van der Waals surface area contributed by atoms with Crippen LogP contribution in [-0.4, -0.2) is 24.7 Å². The van der Waals surface area contributed by atoms with E-state index in [9.17, 15) is 0 Å². The Morgan fingerprint density at radius 3 is 2.94 bits per heavy atom. The van der Waals surface area contributed by atoms with Gasteiger partial charge in [-0.2, -0.15) is 11.8 Å². The molecule has 1 saturated heterocycles. The summed E-state index contributed by atoms with van der Waals surface area (Å²) in [6, 6.07) is 9.26. The third kappa shape index (κ3) is 2.71. The predicted molar refractivity (Wildman–Crippen MR) is 70.3 cm³/mol. The minimum Gasteiger partial charge on any atom is -0.496 e. The number of para-hydroxylation sites is 1. The van der Waals surface area contributed by atoms with E-state index in [4.69, 9.17) is 4.74 Å². The zero-order valence-electron chi connectivity index (χ0n) is 9.90. The molecular weight excluding hydrogens is 218 g/mol. The van der Waals surface area contributed by atoms with Crippen LogP contribution in [0.2, 0.25) is 0 Å². The Labute approximate surface area is 102 Å². The van der Waals surface area contributed by atoms with E-state index in [0.29, 0.717) is 12.1 Å². The molecule has 1 N–H and O–H groups in total. The standard InChI is InChI=1S/C13H19NOS/c1-10(14-11-7-8-16-9-11)12-5-3-4-6-13(12)15-2/h3-6,10-11,14H,7-9H2,1-2H3/t10-,11?/m1/s1. The summed E-state index contributed by atoms with van der Waals surface area (Å²) in [7, 11) is 1.73. The van der Waals surface area contributed by atoms with E-state index < -0.39 is 0 Å². The number of ether oxygens (including phenoxy) is 1. The molecule has 1 aliphatic heterocycles. The molecule has 16 heavy (non-hydrogen) atoms. The first-order valence-corrected chi connectivity index (χ1v) is 6.93. The van der Waals surface area contributed by atoms with Crippen molar-refractivity contribution in [3.63, 3.8) is 0 Å². The van der Waals surface area contributed by atoms with Gasteiger partial charge in [0.2, 0.25) is 0 Å². The van der Waals surface area contributed by atoms with Crippen molar-refractivity contribution >= 4 is 11.8 Å². The maximum Gasteiger partial charge on any atom is 0.123 e. The molecule has 3 heteroatoms. The third-order valence-electron chi connectivity index (χ3n) is 3.02. The lowest BCUT2D eigenvalue weighted by Gasteiger charge is -2.20. The first-order chi connectivity index (χ1) is 7.81. The Balaban J connectivity index is 2.04. The van der Waals surface area contributed by atoms with Crippen LogP contribution < -0.4 is 10.1 Å². The summed E-state index contributed by atoms with van der Waals surface area (Å²) < 4.78 is 5.39. The lowest BCUT2D eigenvalue weighted by molar-refractivity contribution is 0.396. The van der Waals surface area contributed by atoms with Gasteiger partial charge >= 0.3 is 0 Å². The van der Waals surface area contributed by atoms with Crippen LogP contribution >= 0.6 is 11.8 Å². The second-order valence-electron chi connectivity index (χ2n) is 4.19. The molecule has 0 spiro atoms. The van der Waals surface area contributed by atoms with E-state index >= 15 is 0 Å². The fourth-order valence-electron chi connectivity index (χ4n) is 2.13. The van der Waals surface area contributed by atoms with E-state index in [1.807, 2.05) is 23.9 Å². The third-order valence-corrected chi connectivity index (χ3v) is 4.18. The topological polar surface area (TPSA) is 21.3 Å². The molecular formula is C13H19NOS. The van der Waals surface area contributed by atoms with Crippen LogP contribution in [0.4, 0.5) is 0 Å².